The van der Waals surface area contributed by atoms with Crippen molar-refractivity contribution in [1.82, 2.24) is 15.0 Å². The average Bonchev–Trinajstić information content (AvgIpc) is 3.00. The molecule has 0 atom stereocenters. The number of sulfone groups is 1. The maximum Gasteiger partial charge on any atom is 0.195 e. The van der Waals surface area contributed by atoms with Crippen molar-refractivity contribution in [3.63, 3.8) is 0 Å². The Balaban J connectivity index is 2.25. The average molecular weight is 333 g/mol. The van der Waals surface area contributed by atoms with Gasteiger partial charge in [-0.3, -0.25) is 0 Å². The second-order valence-corrected chi connectivity index (χ2v) is 6.88. The van der Waals surface area contributed by atoms with Gasteiger partial charge in [0.1, 0.15) is 5.52 Å². The summed E-state index contributed by atoms with van der Waals surface area (Å²) < 4.78 is 34.5. The summed E-state index contributed by atoms with van der Waals surface area (Å²) in [7, 11) is -0.421. The number of aromatic amines is 1. The van der Waals surface area contributed by atoms with E-state index in [9.17, 15) is 8.42 Å². The topological polar surface area (TPSA) is 94.2 Å². The summed E-state index contributed by atoms with van der Waals surface area (Å²) in [6.07, 6.45) is 2.56. The Kier molecular flexibility index (Phi) is 3.69. The Morgan fingerprint density at radius 1 is 1.09 bits per heavy atom. The van der Waals surface area contributed by atoms with Gasteiger partial charge in [-0.1, -0.05) is 0 Å². The van der Waals surface area contributed by atoms with Crippen molar-refractivity contribution in [3.05, 3.63) is 30.6 Å². The molecule has 7 nitrogen and oxygen atoms in total. The quantitative estimate of drug-likeness (QED) is 0.785. The number of methoxy groups -OCH3 is 2. The van der Waals surface area contributed by atoms with Gasteiger partial charge < -0.3 is 14.5 Å². The summed E-state index contributed by atoms with van der Waals surface area (Å²) in [4.78, 5) is 11.2. The number of fused-ring (bicyclic) bond motifs is 1. The highest BCUT2D eigenvalue weighted by Crippen LogP contribution is 2.33. The Labute approximate surface area is 133 Å². The SMILES string of the molecule is COc1ccc(-c2cc3[nH]cnc3c(S(C)(=O)=O)n2)cc1OC. The van der Waals surface area contributed by atoms with Gasteiger partial charge in [0.05, 0.1) is 31.8 Å². The van der Waals surface area contributed by atoms with E-state index in [2.05, 4.69) is 15.0 Å². The van der Waals surface area contributed by atoms with Crippen LogP contribution in [0.3, 0.4) is 0 Å². The molecule has 0 amide bonds. The molecule has 0 saturated carbocycles. The van der Waals surface area contributed by atoms with Crippen LogP contribution in [0.2, 0.25) is 0 Å². The molecule has 2 heterocycles. The number of rotatable bonds is 4. The standard InChI is InChI=1S/C15H15N3O4S/c1-21-12-5-4-9(6-13(12)22-2)10-7-11-14(17-8-16-11)15(18-10)23(3,19)20/h4-8H,1-3H3,(H,16,17). The van der Waals surface area contributed by atoms with Gasteiger partial charge >= 0.3 is 0 Å². The van der Waals surface area contributed by atoms with Crippen LogP contribution in [0.5, 0.6) is 11.5 Å². The van der Waals surface area contributed by atoms with Crippen molar-refractivity contribution in [1.29, 1.82) is 0 Å². The minimum Gasteiger partial charge on any atom is -0.493 e. The van der Waals surface area contributed by atoms with E-state index in [4.69, 9.17) is 9.47 Å². The number of benzene rings is 1. The van der Waals surface area contributed by atoms with Crippen molar-refractivity contribution in [2.24, 2.45) is 0 Å². The van der Waals surface area contributed by atoms with Gasteiger partial charge in [0.15, 0.2) is 26.4 Å². The maximum atomic E-state index is 12.0. The number of nitrogens with zero attached hydrogens (tertiary/aromatic N) is 2. The molecule has 8 heteroatoms. The first-order valence-electron chi connectivity index (χ1n) is 6.70. The predicted octanol–water partition coefficient (Wildman–Crippen LogP) is 2.05. The van der Waals surface area contributed by atoms with Gasteiger partial charge in [-0.25, -0.2) is 18.4 Å². The van der Waals surface area contributed by atoms with Gasteiger partial charge in [-0.2, -0.15) is 0 Å². The summed E-state index contributed by atoms with van der Waals surface area (Å²) in [5.74, 6) is 1.12. The molecule has 0 aliphatic heterocycles. The van der Waals surface area contributed by atoms with Crippen LogP contribution in [0, 0.1) is 0 Å². The second-order valence-electron chi connectivity index (χ2n) is 4.95. The Hall–Kier alpha value is -2.61. The van der Waals surface area contributed by atoms with Crippen molar-refractivity contribution < 1.29 is 17.9 Å². The van der Waals surface area contributed by atoms with E-state index in [0.29, 0.717) is 33.8 Å². The first-order chi connectivity index (χ1) is 10.9. The van der Waals surface area contributed by atoms with Gasteiger partial charge in [-0.05, 0) is 24.3 Å². The molecule has 0 unspecified atom stereocenters. The smallest absolute Gasteiger partial charge is 0.195 e. The van der Waals surface area contributed by atoms with E-state index in [1.165, 1.54) is 13.4 Å². The number of hydrogen-bond acceptors (Lipinski definition) is 6. The number of ether oxygens (including phenoxy) is 2. The van der Waals surface area contributed by atoms with E-state index in [0.717, 1.165) is 6.26 Å². The molecule has 0 fully saturated rings. The zero-order valence-electron chi connectivity index (χ0n) is 12.8. The fraction of sp³-hybridized carbons (Fsp3) is 0.200. The van der Waals surface area contributed by atoms with Crippen LogP contribution in [-0.4, -0.2) is 43.8 Å². The molecular formula is C15H15N3O4S. The molecule has 2 aromatic heterocycles. The van der Waals surface area contributed by atoms with E-state index < -0.39 is 9.84 Å². The first kappa shape index (κ1) is 15.3. The summed E-state index contributed by atoms with van der Waals surface area (Å²) in [5.41, 5.74) is 2.15. The van der Waals surface area contributed by atoms with Gasteiger partial charge in [0.25, 0.3) is 0 Å². The van der Waals surface area contributed by atoms with Gasteiger partial charge in [-0.15, -0.1) is 0 Å². The Bertz CT molecular complexity index is 980. The molecule has 0 aliphatic carbocycles. The molecule has 3 aromatic rings. The molecule has 23 heavy (non-hydrogen) atoms. The monoisotopic (exact) mass is 333 g/mol. The fourth-order valence-electron chi connectivity index (χ4n) is 2.32. The van der Waals surface area contributed by atoms with E-state index in [1.807, 2.05) is 0 Å². The van der Waals surface area contributed by atoms with Crippen molar-refractivity contribution >= 4 is 20.9 Å². The lowest BCUT2D eigenvalue weighted by molar-refractivity contribution is 0.355. The summed E-state index contributed by atoms with van der Waals surface area (Å²) in [6.45, 7) is 0. The number of H-pyrrole nitrogens is 1. The molecule has 0 radical (unpaired) electrons. The van der Waals surface area contributed by atoms with Gasteiger partial charge in [0, 0.05) is 11.8 Å². The van der Waals surface area contributed by atoms with E-state index in [-0.39, 0.29) is 5.03 Å². The lowest BCUT2D eigenvalue weighted by Gasteiger charge is -2.10. The first-order valence-corrected chi connectivity index (χ1v) is 8.59. The molecule has 0 bridgehead atoms. The third-order valence-corrected chi connectivity index (χ3v) is 4.39. The zero-order valence-corrected chi connectivity index (χ0v) is 13.6. The zero-order chi connectivity index (χ0) is 16.6. The van der Waals surface area contributed by atoms with E-state index in [1.54, 1.807) is 31.4 Å². The summed E-state index contributed by atoms with van der Waals surface area (Å²) in [6, 6.07) is 7.03. The molecule has 1 aromatic carbocycles. The van der Waals surface area contributed by atoms with Crippen molar-refractivity contribution in [3.8, 4) is 22.8 Å². The van der Waals surface area contributed by atoms with E-state index >= 15 is 0 Å². The highest BCUT2D eigenvalue weighted by Gasteiger charge is 2.18. The molecule has 1 N–H and O–H groups in total. The molecule has 0 aliphatic rings. The summed E-state index contributed by atoms with van der Waals surface area (Å²) in [5, 5.41) is -0.0546. The molecule has 0 saturated heterocycles. The van der Waals surface area contributed by atoms with Crippen molar-refractivity contribution in [2.45, 2.75) is 5.03 Å². The Morgan fingerprint density at radius 2 is 1.83 bits per heavy atom. The van der Waals surface area contributed by atoms with Crippen LogP contribution in [0.4, 0.5) is 0 Å². The van der Waals surface area contributed by atoms with Crippen LogP contribution in [0.1, 0.15) is 0 Å². The summed E-state index contributed by atoms with van der Waals surface area (Å²) >= 11 is 0. The highest BCUT2D eigenvalue weighted by molar-refractivity contribution is 7.90. The predicted molar refractivity (Wildman–Crippen MR) is 85.5 cm³/mol. The number of imidazole rings is 1. The third-order valence-electron chi connectivity index (χ3n) is 3.40. The second kappa shape index (κ2) is 5.54. The third kappa shape index (κ3) is 2.72. The van der Waals surface area contributed by atoms with Crippen LogP contribution >= 0.6 is 0 Å². The van der Waals surface area contributed by atoms with Crippen LogP contribution < -0.4 is 9.47 Å². The number of hydrogen-bond donors (Lipinski definition) is 1. The fourth-order valence-corrected chi connectivity index (χ4v) is 3.10. The number of nitrogens with one attached hydrogen (secondary N) is 1. The van der Waals surface area contributed by atoms with Crippen LogP contribution in [-0.2, 0) is 9.84 Å². The van der Waals surface area contributed by atoms with Crippen molar-refractivity contribution in [2.75, 3.05) is 20.5 Å². The normalized spacial score (nSPS) is 11.6. The lowest BCUT2D eigenvalue weighted by atomic mass is 10.1. The number of aromatic nitrogens is 3. The highest BCUT2D eigenvalue weighted by atomic mass is 32.2. The lowest BCUT2D eigenvalue weighted by Crippen LogP contribution is -2.03. The molecule has 3 rings (SSSR count). The molecule has 120 valence electrons. The minimum absolute atomic E-state index is 0.0546. The van der Waals surface area contributed by atoms with Gasteiger partial charge in [0.2, 0.25) is 0 Å². The Morgan fingerprint density at radius 3 is 2.48 bits per heavy atom. The maximum absolute atomic E-state index is 12.0. The number of pyridine rings is 1. The molecule has 0 spiro atoms. The largest absolute Gasteiger partial charge is 0.493 e. The van der Waals surface area contributed by atoms with Crippen LogP contribution in [0.15, 0.2) is 35.6 Å². The van der Waals surface area contributed by atoms with Crippen LogP contribution in [0.25, 0.3) is 22.3 Å². The minimum atomic E-state index is -3.51. The molecular weight excluding hydrogens is 318 g/mol.